The molecule has 18 heavy (non-hydrogen) atoms. The van der Waals surface area contributed by atoms with Crippen LogP contribution in [0.15, 0.2) is 18.2 Å². The topological polar surface area (TPSA) is 39.1 Å². The normalized spacial score (nSPS) is 18.3. The van der Waals surface area contributed by atoms with Crippen LogP contribution in [0.25, 0.3) is 0 Å². The molecule has 96 valence electrons. The molecule has 1 aliphatic heterocycles. The first-order valence-electron chi connectivity index (χ1n) is 5.99. The highest BCUT2D eigenvalue weighted by Gasteiger charge is 2.25. The van der Waals surface area contributed by atoms with Crippen molar-refractivity contribution in [3.05, 3.63) is 35.4 Å². The maximum atomic E-state index is 13.8. The maximum Gasteiger partial charge on any atom is 0.163 e. The molecular formula is C13H15F2N3. The van der Waals surface area contributed by atoms with Crippen LogP contribution >= 0.6 is 0 Å². The molecule has 0 unspecified atom stereocenters. The summed E-state index contributed by atoms with van der Waals surface area (Å²) in [6, 6.07) is 5.83. The molecule has 0 amide bonds. The predicted octanol–water partition coefficient (Wildman–Crippen LogP) is 1.82. The molecule has 1 atom stereocenters. The van der Waals surface area contributed by atoms with Crippen LogP contribution in [0.1, 0.15) is 18.0 Å². The van der Waals surface area contributed by atoms with Gasteiger partial charge in [-0.25, -0.2) is 8.78 Å². The fraction of sp³-hybridized carbons (Fsp3) is 0.462. The number of hydrogen-bond acceptors (Lipinski definition) is 3. The molecule has 1 aromatic rings. The molecule has 0 radical (unpaired) electrons. The smallest absolute Gasteiger partial charge is 0.163 e. The molecule has 1 fully saturated rings. The zero-order chi connectivity index (χ0) is 13.0. The van der Waals surface area contributed by atoms with E-state index in [0.717, 1.165) is 32.2 Å². The molecule has 0 saturated carbocycles. The number of nitrogens with one attached hydrogen (secondary N) is 1. The Morgan fingerprint density at radius 2 is 2.06 bits per heavy atom. The highest BCUT2D eigenvalue weighted by Crippen LogP contribution is 2.27. The van der Waals surface area contributed by atoms with Gasteiger partial charge in [-0.3, -0.25) is 4.90 Å². The summed E-state index contributed by atoms with van der Waals surface area (Å²) in [5.74, 6) is -1.69. The van der Waals surface area contributed by atoms with Crippen molar-refractivity contribution in [1.82, 2.24) is 10.2 Å². The van der Waals surface area contributed by atoms with Crippen molar-refractivity contribution in [3.63, 3.8) is 0 Å². The SMILES string of the molecule is N#CC[C@H](c1cccc(F)c1F)N1CCNCC1. The summed E-state index contributed by atoms with van der Waals surface area (Å²) in [4.78, 5) is 2.03. The summed E-state index contributed by atoms with van der Waals surface area (Å²) in [7, 11) is 0. The van der Waals surface area contributed by atoms with Gasteiger partial charge < -0.3 is 5.32 Å². The number of piperazine rings is 1. The van der Waals surface area contributed by atoms with Gasteiger partial charge in [-0.2, -0.15) is 5.26 Å². The van der Waals surface area contributed by atoms with Crippen molar-refractivity contribution >= 4 is 0 Å². The van der Waals surface area contributed by atoms with Gasteiger partial charge in [0, 0.05) is 31.7 Å². The number of nitriles is 1. The van der Waals surface area contributed by atoms with Crippen molar-refractivity contribution in [1.29, 1.82) is 5.26 Å². The van der Waals surface area contributed by atoms with Gasteiger partial charge in [0.05, 0.1) is 18.5 Å². The number of benzene rings is 1. The van der Waals surface area contributed by atoms with Gasteiger partial charge in [0.2, 0.25) is 0 Å². The van der Waals surface area contributed by atoms with Gasteiger partial charge in [-0.1, -0.05) is 12.1 Å². The Balaban J connectivity index is 2.28. The highest BCUT2D eigenvalue weighted by molar-refractivity contribution is 5.23. The Morgan fingerprint density at radius 3 is 2.72 bits per heavy atom. The van der Waals surface area contributed by atoms with E-state index in [2.05, 4.69) is 11.4 Å². The van der Waals surface area contributed by atoms with Crippen LogP contribution in [0.4, 0.5) is 8.78 Å². The lowest BCUT2D eigenvalue weighted by molar-refractivity contribution is 0.171. The summed E-state index contributed by atoms with van der Waals surface area (Å²) in [5, 5.41) is 12.1. The fourth-order valence-electron chi connectivity index (χ4n) is 2.29. The Hall–Kier alpha value is -1.51. The first-order chi connectivity index (χ1) is 8.74. The third-order valence-corrected chi connectivity index (χ3v) is 3.22. The molecule has 0 aromatic heterocycles. The first-order valence-corrected chi connectivity index (χ1v) is 5.99. The van der Waals surface area contributed by atoms with Gasteiger partial charge in [0.25, 0.3) is 0 Å². The van der Waals surface area contributed by atoms with E-state index in [-0.39, 0.29) is 18.0 Å². The van der Waals surface area contributed by atoms with Crippen LogP contribution in [0.5, 0.6) is 0 Å². The molecule has 1 aliphatic rings. The monoisotopic (exact) mass is 251 g/mol. The lowest BCUT2D eigenvalue weighted by Crippen LogP contribution is -2.45. The van der Waals surface area contributed by atoms with Crippen LogP contribution in [0.2, 0.25) is 0 Å². The van der Waals surface area contributed by atoms with E-state index in [1.165, 1.54) is 6.07 Å². The van der Waals surface area contributed by atoms with Crippen LogP contribution in [-0.2, 0) is 0 Å². The van der Waals surface area contributed by atoms with Gasteiger partial charge in [-0.15, -0.1) is 0 Å². The molecule has 1 N–H and O–H groups in total. The van der Waals surface area contributed by atoms with Crippen LogP contribution < -0.4 is 5.32 Å². The molecule has 0 spiro atoms. The van der Waals surface area contributed by atoms with E-state index in [4.69, 9.17) is 5.26 Å². The molecule has 1 saturated heterocycles. The second kappa shape index (κ2) is 5.89. The predicted molar refractivity (Wildman–Crippen MR) is 63.8 cm³/mol. The molecule has 0 bridgehead atoms. The number of halogens is 2. The zero-order valence-electron chi connectivity index (χ0n) is 10.00. The van der Waals surface area contributed by atoms with Crippen LogP contribution in [0, 0.1) is 23.0 Å². The van der Waals surface area contributed by atoms with Gasteiger partial charge in [0.1, 0.15) is 0 Å². The molecule has 1 heterocycles. The molecule has 1 aromatic carbocycles. The van der Waals surface area contributed by atoms with Crippen molar-refractivity contribution in [2.45, 2.75) is 12.5 Å². The summed E-state index contributed by atoms with van der Waals surface area (Å²) >= 11 is 0. The standard InChI is InChI=1S/C13H15F2N3/c14-11-3-1-2-10(13(11)15)12(4-5-16)18-8-6-17-7-9-18/h1-3,12,17H,4,6-9H2/t12-/m1/s1. The second-order valence-corrected chi connectivity index (χ2v) is 4.31. The molecule has 2 rings (SSSR count). The summed E-state index contributed by atoms with van der Waals surface area (Å²) < 4.78 is 27.1. The first kappa shape index (κ1) is 12.9. The van der Waals surface area contributed by atoms with Crippen molar-refractivity contribution in [3.8, 4) is 6.07 Å². The highest BCUT2D eigenvalue weighted by atomic mass is 19.2. The molecular weight excluding hydrogens is 236 g/mol. The summed E-state index contributed by atoms with van der Waals surface area (Å²) in [5.41, 5.74) is 0.276. The van der Waals surface area contributed by atoms with E-state index in [1.54, 1.807) is 6.07 Å². The van der Waals surface area contributed by atoms with Crippen molar-refractivity contribution in [2.24, 2.45) is 0 Å². The van der Waals surface area contributed by atoms with Gasteiger partial charge >= 0.3 is 0 Å². The average molecular weight is 251 g/mol. The minimum absolute atomic E-state index is 0.167. The number of hydrogen-bond donors (Lipinski definition) is 1. The Bertz CT molecular complexity index is 450. The fourth-order valence-corrected chi connectivity index (χ4v) is 2.29. The largest absolute Gasteiger partial charge is 0.314 e. The quantitative estimate of drug-likeness (QED) is 0.890. The number of rotatable bonds is 3. The zero-order valence-corrected chi connectivity index (χ0v) is 10.00. The number of nitrogens with zero attached hydrogens (tertiary/aromatic N) is 2. The van der Waals surface area contributed by atoms with Crippen molar-refractivity contribution in [2.75, 3.05) is 26.2 Å². The minimum Gasteiger partial charge on any atom is -0.314 e. The van der Waals surface area contributed by atoms with Crippen LogP contribution in [0.3, 0.4) is 0 Å². The third-order valence-electron chi connectivity index (χ3n) is 3.22. The van der Waals surface area contributed by atoms with Crippen molar-refractivity contribution < 1.29 is 8.78 Å². The Labute approximate surface area is 105 Å². The van der Waals surface area contributed by atoms with E-state index in [0.29, 0.717) is 0 Å². The Morgan fingerprint density at radius 1 is 1.33 bits per heavy atom. The molecule has 0 aliphatic carbocycles. The van der Waals surface area contributed by atoms with Gasteiger partial charge in [-0.05, 0) is 6.07 Å². The second-order valence-electron chi connectivity index (χ2n) is 4.31. The third kappa shape index (κ3) is 2.66. The molecule has 3 nitrogen and oxygen atoms in total. The lowest BCUT2D eigenvalue weighted by atomic mass is 10.0. The van der Waals surface area contributed by atoms with E-state index < -0.39 is 11.6 Å². The van der Waals surface area contributed by atoms with Crippen LogP contribution in [-0.4, -0.2) is 31.1 Å². The van der Waals surface area contributed by atoms with E-state index in [9.17, 15) is 8.78 Å². The summed E-state index contributed by atoms with van der Waals surface area (Å²) in [6.45, 7) is 3.09. The summed E-state index contributed by atoms with van der Waals surface area (Å²) in [6.07, 6.45) is 0.167. The Kier molecular flexibility index (Phi) is 4.24. The maximum absolute atomic E-state index is 13.8. The van der Waals surface area contributed by atoms with Gasteiger partial charge in [0.15, 0.2) is 11.6 Å². The molecule has 5 heteroatoms. The minimum atomic E-state index is -0.856. The van der Waals surface area contributed by atoms with E-state index >= 15 is 0 Å². The lowest BCUT2D eigenvalue weighted by Gasteiger charge is -2.34. The van der Waals surface area contributed by atoms with E-state index in [1.807, 2.05) is 4.90 Å². The average Bonchev–Trinajstić information content (AvgIpc) is 2.41.